The summed E-state index contributed by atoms with van der Waals surface area (Å²) in [5, 5.41) is 0. The monoisotopic (exact) mass is 162 g/mol. The molecule has 0 spiro atoms. The lowest BCUT2D eigenvalue weighted by Crippen LogP contribution is -2.25. The Labute approximate surface area is 75.4 Å². The van der Waals surface area contributed by atoms with E-state index >= 15 is 0 Å². The fourth-order valence-corrected chi connectivity index (χ4v) is 2.79. The van der Waals surface area contributed by atoms with E-state index in [9.17, 15) is 0 Å². The number of rotatable bonds is 0. The second-order valence-corrected chi connectivity index (χ2v) is 4.32. The quantitative estimate of drug-likeness (QED) is 0.509. The average Bonchev–Trinajstić information content (AvgIpc) is 2.12. The van der Waals surface area contributed by atoms with Crippen LogP contribution >= 0.6 is 0 Å². The predicted octanol–water partition coefficient (Wildman–Crippen LogP) is 3.70. The van der Waals surface area contributed by atoms with E-state index in [1.54, 1.807) is 0 Å². The number of fused-ring (bicyclic) bond motifs is 1. The number of hydrogen-bond acceptors (Lipinski definition) is 0. The maximum Gasteiger partial charge on any atom is -0.0137 e. The lowest BCUT2D eigenvalue weighted by Gasteiger charge is -2.38. The molecular weight excluding hydrogens is 144 g/mol. The second-order valence-electron chi connectivity index (χ2n) is 4.32. The molecule has 0 heteroatoms. The molecule has 0 aromatic carbocycles. The minimum atomic E-state index is 0.806. The molecule has 0 heterocycles. The van der Waals surface area contributed by atoms with Crippen molar-refractivity contribution in [2.24, 2.45) is 11.8 Å². The molecule has 2 rings (SSSR count). The molecule has 0 aromatic rings. The topological polar surface area (TPSA) is 0 Å². The smallest absolute Gasteiger partial charge is 0.0137 e. The van der Waals surface area contributed by atoms with Crippen LogP contribution in [0.4, 0.5) is 0 Å². The van der Waals surface area contributed by atoms with Crippen molar-refractivity contribution in [3.05, 3.63) is 24.3 Å². The first kappa shape index (κ1) is 8.10. The average molecular weight is 162 g/mol. The highest BCUT2D eigenvalue weighted by Crippen LogP contribution is 2.44. The predicted molar refractivity (Wildman–Crippen MR) is 53.0 cm³/mol. The first-order valence-electron chi connectivity index (χ1n) is 5.16. The fraction of sp³-hybridized carbons (Fsp3) is 0.667. The maximum absolute atomic E-state index is 4.18. The van der Waals surface area contributed by atoms with Crippen molar-refractivity contribution in [1.29, 1.82) is 0 Å². The van der Waals surface area contributed by atoms with E-state index in [-0.39, 0.29) is 0 Å². The van der Waals surface area contributed by atoms with Crippen LogP contribution in [0, 0.1) is 11.8 Å². The van der Waals surface area contributed by atoms with Gasteiger partial charge in [-0.2, -0.15) is 0 Å². The van der Waals surface area contributed by atoms with Gasteiger partial charge in [-0.1, -0.05) is 31.6 Å². The van der Waals surface area contributed by atoms with Gasteiger partial charge in [-0.15, -0.1) is 0 Å². The first-order chi connectivity index (χ1) is 5.79. The standard InChI is InChI=1S/C12H18/c1-9-7-8-11-5-3-4-6-12(11)10(9)2/h11-12H,1-8H2. The zero-order chi connectivity index (χ0) is 8.55. The van der Waals surface area contributed by atoms with Crippen LogP contribution in [0.5, 0.6) is 0 Å². The summed E-state index contributed by atoms with van der Waals surface area (Å²) in [4.78, 5) is 0. The van der Waals surface area contributed by atoms with Crippen molar-refractivity contribution in [3.63, 3.8) is 0 Å². The van der Waals surface area contributed by atoms with Gasteiger partial charge in [-0.05, 0) is 43.1 Å². The van der Waals surface area contributed by atoms with E-state index in [2.05, 4.69) is 13.2 Å². The lowest BCUT2D eigenvalue weighted by atomic mass is 9.67. The molecule has 0 radical (unpaired) electrons. The minimum absolute atomic E-state index is 0.806. The van der Waals surface area contributed by atoms with Crippen LogP contribution in [0.25, 0.3) is 0 Å². The molecule has 2 aliphatic carbocycles. The van der Waals surface area contributed by atoms with E-state index in [0.717, 1.165) is 11.8 Å². The Morgan fingerprint density at radius 3 is 2.58 bits per heavy atom. The molecule has 0 aromatic heterocycles. The number of allylic oxidation sites excluding steroid dienone is 2. The van der Waals surface area contributed by atoms with Crippen LogP contribution in [-0.4, -0.2) is 0 Å². The third kappa shape index (κ3) is 1.24. The molecule has 0 saturated heterocycles. The summed E-state index contributed by atoms with van der Waals surface area (Å²) in [5.41, 5.74) is 2.71. The van der Waals surface area contributed by atoms with Crippen molar-refractivity contribution in [2.75, 3.05) is 0 Å². The van der Waals surface area contributed by atoms with E-state index in [0.29, 0.717) is 0 Å². The normalized spacial score (nSPS) is 36.3. The van der Waals surface area contributed by atoms with Gasteiger partial charge in [0.05, 0.1) is 0 Å². The molecular formula is C12H18. The minimum Gasteiger partial charge on any atom is -0.0956 e. The van der Waals surface area contributed by atoms with Crippen LogP contribution in [-0.2, 0) is 0 Å². The summed E-state index contributed by atoms with van der Waals surface area (Å²) in [6.45, 7) is 8.27. The van der Waals surface area contributed by atoms with Crippen molar-refractivity contribution in [1.82, 2.24) is 0 Å². The third-order valence-electron chi connectivity index (χ3n) is 3.63. The van der Waals surface area contributed by atoms with Crippen molar-refractivity contribution >= 4 is 0 Å². The van der Waals surface area contributed by atoms with Crippen LogP contribution in [0.3, 0.4) is 0 Å². The van der Waals surface area contributed by atoms with Crippen molar-refractivity contribution < 1.29 is 0 Å². The summed E-state index contributed by atoms with van der Waals surface area (Å²) >= 11 is 0. The van der Waals surface area contributed by atoms with Crippen molar-refractivity contribution in [3.8, 4) is 0 Å². The maximum atomic E-state index is 4.18. The molecule has 12 heavy (non-hydrogen) atoms. The van der Waals surface area contributed by atoms with Gasteiger partial charge in [-0.3, -0.25) is 0 Å². The zero-order valence-corrected chi connectivity index (χ0v) is 7.81. The molecule has 0 nitrogen and oxygen atoms in total. The van der Waals surface area contributed by atoms with E-state index in [1.807, 2.05) is 0 Å². The molecule has 2 saturated carbocycles. The summed E-state index contributed by atoms with van der Waals surface area (Å²) in [5.74, 6) is 1.76. The van der Waals surface area contributed by atoms with Crippen molar-refractivity contribution in [2.45, 2.75) is 38.5 Å². The van der Waals surface area contributed by atoms with Crippen LogP contribution < -0.4 is 0 Å². The molecule has 0 aliphatic heterocycles. The van der Waals surface area contributed by atoms with Gasteiger partial charge >= 0.3 is 0 Å². The highest BCUT2D eigenvalue weighted by molar-refractivity contribution is 5.31. The van der Waals surface area contributed by atoms with E-state index in [4.69, 9.17) is 0 Å². The van der Waals surface area contributed by atoms with E-state index < -0.39 is 0 Å². The van der Waals surface area contributed by atoms with Crippen LogP contribution in [0.1, 0.15) is 38.5 Å². The van der Waals surface area contributed by atoms with Gasteiger partial charge in [0, 0.05) is 0 Å². The summed E-state index contributed by atoms with van der Waals surface area (Å²) in [6.07, 6.45) is 8.26. The van der Waals surface area contributed by atoms with Gasteiger partial charge in [0.25, 0.3) is 0 Å². The molecule has 2 atom stereocenters. The molecule has 2 fully saturated rings. The molecule has 2 aliphatic rings. The van der Waals surface area contributed by atoms with Gasteiger partial charge in [0.1, 0.15) is 0 Å². The largest absolute Gasteiger partial charge is 0.0956 e. The Bertz CT molecular complexity index is 212. The summed E-state index contributed by atoms with van der Waals surface area (Å²) in [7, 11) is 0. The highest BCUT2D eigenvalue weighted by atomic mass is 14.4. The van der Waals surface area contributed by atoms with Crippen LogP contribution in [0.15, 0.2) is 24.3 Å². The van der Waals surface area contributed by atoms with Gasteiger partial charge in [0.2, 0.25) is 0 Å². The Morgan fingerprint density at radius 2 is 1.75 bits per heavy atom. The zero-order valence-electron chi connectivity index (χ0n) is 7.81. The Hall–Kier alpha value is -0.520. The Morgan fingerprint density at radius 1 is 1.00 bits per heavy atom. The molecule has 0 N–H and O–H groups in total. The van der Waals surface area contributed by atoms with E-state index in [1.165, 1.54) is 49.7 Å². The Kier molecular flexibility index (Phi) is 2.08. The van der Waals surface area contributed by atoms with Gasteiger partial charge in [0.15, 0.2) is 0 Å². The molecule has 2 unspecified atom stereocenters. The molecule has 0 bridgehead atoms. The first-order valence-corrected chi connectivity index (χ1v) is 5.16. The lowest BCUT2D eigenvalue weighted by molar-refractivity contribution is 0.243. The van der Waals surface area contributed by atoms with Crippen LogP contribution in [0.2, 0.25) is 0 Å². The second kappa shape index (κ2) is 3.08. The number of hydrogen-bond donors (Lipinski definition) is 0. The molecule has 66 valence electrons. The van der Waals surface area contributed by atoms with Gasteiger partial charge < -0.3 is 0 Å². The Balaban J connectivity index is 2.13. The van der Waals surface area contributed by atoms with Gasteiger partial charge in [-0.25, -0.2) is 0 Å². The summed E-state index contributed by atoms with van der Waals surface area (Å²) < 4.78 is 0. The SMILES string of the molecule is C=C1CCC2CCCCC2C1=C. The molecule has 0 amide bonds. The fourth-order valence-electron chi connectivity index (χ4n) is 2.79. The highest BCUT2D eigenvalue weighted by Gasteiger charge is 2.31. The summed E-state index contributed by atoms with van der Waals surface area (Å²) in [6, 6.07) is 0. The third-order valence-corrected chi connectivity index (χ3v) is 3.63.